The number of anilines is 1. The van der Waals surface area contributed by atoms with Gasteiger partial charge in [0, 0.05) is 17.0 Å². The molecule has 0 unspecified atom stereocenters. The Balaban J connectivity index is 1.97. The summed E-state index contributed by atoms with van der Waals surface area (Å²) >= 11 is 7.64. The Kier molecular flexibility index (Phi) is 4.49. The molecule has 1 heterocycles. The number of aromatic nitrogens is 2. The van der Waals surface area contributed by atoms with Crippen molar-refractivity contribution in [2.45, 2.75) is 30.4 Å². The Bertz CT molecular complexity index is 530. The molecule has 1 aromatic heterocycles. The van der Waals surface area contributed by atoms with E-state index in [1.54, 1.807) is 17.8 Å². The monoisotopic (exact) mass is 283 g/mol. The molecule has 0 aliphatic carbocycles. The van der Waals surface area contributed by atoms with Crippen LogP contribution in [0.2, 0.25) is 5.02 Å². The summed E-state index contributed by atoms with van der Waals surface area (Å²) in [6.07, 6.45) is 1.85. The lowest BCUT2D eigenvalue weighted by Crippen LogP contribution is -1.87. The topological polar surface area (TPSA) is 64.9 Å². The number of nitrogens with two attached hydrogens (primary N) is 1. The van der Waals surface area contributed by atoms with Crippen LogP contribution in [0.1, 0.15) is 25.1 Å². The number of nitrogens with zero attached hydrogens (tertiary/aromatic N) is 2. The maximum Gasteiger partial charge on any atom is 0.237 e. The first-order valence-electron chi connectivity index (χ1n) is 5.68. The Morgan fingerprint density at radius 1 is 1.44 bits per heavy atom. The van der Waals surface area contributed by atoms with E-state index < -0.39 is 0 Å². The Hall–Kier alpha value is -1.20. The minimum Gasteiger partial charge on any atom is -0.399 e. The van der Waals surface area contributed by atoms with Gasteiger partial charge in [0.1, 0.15) is 0 Å². The highest BCUT2D eigenvalue weighted by atomic mass is 35.5. The van der Waals surface area contributed by atoms with E-state index in [0.29, 0.717) is 22.4 Å². The van der Waals surface area contributed by atoms with Gasteiger partial charge in [0.25, 0.3) is 0 Å². The van der Waals surface area contributed by atoms with Gasteiger partial charge in [-0.1, -0.05) is 23.7 Å². The van der Waals surface area contributed by atoms with Crippen molar-refractivity contribution in [2.24, 2.45) is 0 Å². The molecular formula is C12H14ClN3OS. The van der Waals surface area contributed by atoms with Crippen molar-refractivity contribution in [1.29, 1.82) is 0 Å². The molecule has 0 spiro atoms. The summed E-state index contributed by atoms with van der Waals surface area (Å²) in [4.78, 5) is 5.26. The van der Waals surface area contributed by atoms with Gasteiger partial charge >= 0.3 is 0 Å². The number of aryl methyl sites for hydroxylation is 1. The van der Waals surface area contributed by atoms with Gasteiger partial charge in [-0.2, -0.15) is 4.98 Å². The molecule has 2 N–H and O–H groups in total. The molecule has 0 atom stereocenters. The average Bonchev–Trinajstić information content (AvgIpc) is 2.76. The molecule has 0 bridgehead atoms. The van der Waals surface area contributed by atoms with Crippen molar-refractivity contribution in [3.05, 3.63) is 34.9 Å². The van der Waals surface area contributed by atoms with E-state index in [0.717, 1.165) is 23.6 Å². The van der Waals surface area contributed by atoms with Crippen LogP contribution in [0.15, 0.2) is 27.6 Å². The highest BCUT2D eigenvalue weighted by Crippen LogP contribution is 2.30. The highest BCUT2D eigenvalue weighted by Gasteiger charge is 2.08. The fourth-order valence-corrected chi connectivity index (χ4v) is 2.56. The zero-order valence-electron chi connectivity index (χ0n) is 10.0. The number of hydrogen-bond acceptors (Lipinski definition) is 5. The van der Waals surface area contributed by atoms with Gasteiger partial charge in [0.15, 0.2) is 5.82 Å². The molecule has 18 heavy (non-hydrogen) atoms. The van der Waals surface area contributed by atoms with E-state index in [4.69, 9.17) is 21.9 Å². The number of halogens is 1. The molecule has 2 rings (SSSR count). The number of thioether (sulfide) groups is 1. The maximum atomic E-state index is 6.08. The molecule has 0 fully saturated rings. The van der Waals surface area contributed by atoms with Gasteiger partial charge in [-0.05, 0) is 24.6 Å². The van der Waals surface area contributed by atoms with E-state index in [1.165, 1.54) is 0 Å². The molecule has 96 valence electrons. The first kappa shape index (κ1) is 13.2. The fourth-order valence-electron chi connectivity index (χ4n) is 1.45. The Labute approximate surface area is 115 Å². The minimum absolute atomic E-state index is 0.611. The Morgan fingerprint density at radius 3 is 3.00 bits per heavy atom. The van der Waals surface area contributed by atoms with Gasteiger partial charge in [-0.3, -0.25) is 0 Å². The van der Waals surface area contributed by atoms with Gasteiger partial charge < -0.3 is 10.3 Å². The second-order valence-corrected chi connectivity index (χ2v) is 5.26. The van der Waals surface area contributed by atoms with Crippen molar-refractivity contribution in [3.63, 3.8) is 0 Å². The van der Waals surface area contributed by atoms with Crippen molar-refractivity contribution in [3.8, 4) is 0 Å². The summed E-state index contributed by atoms with van der Waals surface area (Å²) in [5.41, 5.74) is 6.30. The third kappa shape index (κ3) is 3.40. The van der Waals surface area contributed by atoms with Crippen LogP contribution in [0.25, 0.3) is 0 Å². The maximum absolute atomic E-state index is 6.08. The number of rotatable bonds is 5. The number of benzene rings is 1. The van der Waals surface area contributed by atoms with E-state index >= 15 is 0 Å². The van der Waals surface area contributed by atoms with E-state index in [-0.39, 0.29) is 0 Å². The zero-order valence-corrected chi connectivity index (χ0v) is 11.6. The van der Waals surface area contributed by atoms with Crippen LogP contribution in [0, 0.1) is 0 Å². The van der Waals surface area contributed by atoms with Crippen LogP contribution in [-0.4, -0.2) is 10.1 Å². The molecule has 6 heteroatoms. The molecule has 2 aromatic rings. The predicted molar refractivity (Wildman–Crippen MR) is 73.7 cm³/mol. The summed E-state index contributed by atoms with van der Waals surface area (Å²) in [6.45, 7) is 2.08. The normalized spacial score (nSPS) is 10.8. The van der Waals surface area contributed by atoms with Crippen LogP contribution in [0.5, 0.6) is 0 Å². The van der Waals surface area contributed by atoms with E-state index in [1.807, 2.05) is 12.1 Å². The van der Waals surface area contributed by atoms with E-state index in [2.05, 4.69) is 17.1 Å². The molecule has 0 radical (unpaired) electrons. The SMILES string of the molecule is CCCc1noc(CSc2ccc(N)cc2Cl)n1. The lowest BCUT2D eigenvalue weighted by Gasteiger charge is -2.02. The van der Waals surface area contributed by atoms with Crippen molar-refractivity contribution in [1.82, 2.24) is 10.1 Å². The third-order valence-corrected chi connectivity index (χ3v) is 3.77. The molecule has 1 aromatic carbocycles. The first-order valence-corrected chi connectivity index (χ1v) is 7.04. The summed E-state index contributed by atoms with van der Waals surface area (Å²) in [7, 11) is 0. The standard InChI is InChI=1S/C12H14ClN3OS/c1-2-3-11-15-12(17-16-11)7-18-10-5-4-8(14)6-9(10)13/h4-6H,2-3,7,14H2,1H3. The number of nitrogen functional groups attached to an aromatic ring is 1. The molecule has 0 aliphatic rings. The average molecular weight is 284 g/mol. The lowest BCUT2D eigenvalue weighted by molar-refractivity contribution is 0.384. The third-order valence-electron chi connectivity index (χ3n) is 2.29. The van der Waals surface area contributed by atoms with Gasteiger partial charge in [0.2, 0.25) is 5.89 Å². The largest absolute Gasteiger partial charge is 0.399 e. The quantitative estimate of drug-likeness (QED) is 0.671. The second kappa shape index (κ2) is 6.11. The summed E-state index contributed by atoms with van der Waals surface area (Å²) in [5, 5.41) is 4.55. The first-order chi connectivity index (χ1) is 8.69. The summed E-state index contributed by atoms with van der Waals surface area (Å²) in [5.74, 6) is 1.99. The summed E-state index contributed by atoms with van der Waals surface area (Å²) < 4.78 is 5.15. The lowest BCUT2D eigenvalue weighted by atomic mass is 10.3. The van der Waals surface area contributed by atoms with Crippen molar-refractivity contribution in [2.75, 3.05) is 5.73 Å². The minimum atomic E-state index is 0.611. The van der Waals surface area contributed by atoms with Gasteiger partial charge in [0.05, 0.1) is 10.8 Å². The van der Waals surface area contributed by atoms with Crippen molar-refractivity contribution < 1.29 is 4.52 Å². The van der Waals surface area contributed by atoms with Crippen LogP contribution in [0.4, 0.5) is 5.69 Å². The molecule has 4 nitrogen and oxygen atoms in total. The highest BCUT2D eigenvalue weighted by molar-refractivity contribution is 7.98. The van der Waals surface area contributed by atoms with Crippen LogP contribution in [0.3, 0.4) is 0 Å². The zero-order chi connectivity index (χ0) is 13.0. The second-order valence-electron chi connectivity index (χ2n) is 3.83. The number of hydrogen-bond donors (Lipinski definition) is 1. The van der Waals surface area contributed by atoms with Crippen LogP contribution < -0.4 is 5.73 Å². The molecule has 0 amide bonds. The molecule has 0 saturated carbocycles. The summed E-state index contributed by atoms with van der Waals surface area (Å²) in [6, 6.07) is 5.45. The van der Waals surface area contributed by atoms with Crippen LogP contribution in [-0.2, 0) is 12.2 Å². The molecule has 0 saturated heterocycles. The molecular weight excluding hydrogens is 270 g/mol. The van der Waals surface area contributed by atoms with Gasteiger partial charge in [-0.15, -0.1) is 11.8 Å². The smallest absolute Gasteiger partial charge is 0.237 e. The van der Waals surface area contributed by atoms with E-state index in [9.17, 15) is 0 Å². The predicted octanol–water partition coefficient (Wildman–Crippen LogP) is 3.55. The molecule has 0 aliphatic heterocycles. The Morgan fingerprint density at radius 2 is 2.28 bits per heavy atom. The van der Waals surface area contributed by atoms with Crippen molar-refractivity contribution >= 4 is 29.1 Å². The van der Waals surface area contributed by atoms with Gasteiger partial charge in [-0.25, -0.2) is 0 Å². The fraction of sp³-hybridized carbons (Fsp3) is 0.333. The van der Waals surface area contributed by atoms with Crippen LogP contribution >= 0.6 is 23.4 Å².